The lowest BCUT2D eigenvalue weighted by molar-refractivity contribution is -0.102. The van der Waals surface area contributed by atoms with Crippen molar-refractivity contribution in [1.82, 2.24) is 15.0 Å². The topological polar surface area (TPSA) is 86.6 Å². The van der Waals surface area contributed by atoms with Gasteiger partial charge < -0.3 is 19.3 Å². The lowest BCUT2D eigenvalue weighted by Crippen LogP contribution is -2.33. The van der Waals surface area contributed by atoms with E-state index in [4.69, 9.17) is 19.3 Å². The zero-order valence-electron chi connectivity index (χ0n) is 12.0. The fourth-order valence-electron chi connectivity index (χ4n) is 2.03. The van der Waals surface area contributed by atoms with Crippen molar-refractivity contribution in [1.29, 1.82) is 0 Å². The molecule has 0 radical (unpaired) electrons. The first-order valence-corrected chi connectivity index (χ1v) is 7.06. The number of aliphatic hydroxyl groups is 1. The van der Waals surface area contributed by atoms with Crippen molar-refractivity contribution in [2.45, 2.75) is 12.7 Å². The van der Waals surface area contributed by atoms with Crippen LogP contribution in [0.1, 0.15) is 5.69 Å². The minimum atomic E-state index is -0.117. The molecule has 0 saturated carbocycles. The van der Waals surface area contributed by atoms with Crippen LogP contribution in [-0.2, 0) is 16.1 Å². The highest BCUT2D eigenvalue weighted by Crippen LogP contribution is 2.17. The predicted molar refractivity (Wildman–Crippen MR) is 77.2 cm³/mol. The molecule has 0 amide bonds. The Hall–Kier alpha value is -2.09. The molecule has 1 atom stereocenters. The fourth-order valence-corrected chi connectivity index (χ4v) is 2.03. The van der Waals surface area contributed by atoms with Gasteiger partial charge in [0.2, 0.25) is 5.88 Å². The van der Waals surface area contributed by atoms with Crippen molar-refractivity contribution < 1.29 is 19.3 Å². The molecular formula is C15H17N3O4. The van der Waals surface area contributed by atoms with Crippen molar-refractivity contribution in [3.63, 3.8) is 0 Å². The smallest absolute Gasteiger partial charge is 0.213 e. The van der Waals surface area contributed by atoms with Crippen LogP contribution in [0.25, 0.3) is 11.4 Å². The molecule has 0 aromatic carbocycles. The summed E-state index contributed by atoms with van der Waals surface area (Å²) in [6, 6.07) is 5.26. The summed E-state index contributed by atoms with van der Waals surface area (Å²) in [7, 11) is 0. The number of hydrogen-bond acceptors (Lipinski definition) is 7. The van der Waals surface area contributed by atoms with Crippen LogP contribution in [0.2, 0.25) is 0 Å². The van der Waals surface area contributed by atoms with Crippen LogP contribution in [0.3, 0.4) is 0 Å². The van der Waals surface area contributed by atoms with E-state index in [9.17, 15) is 0 Å². The second-order valence-corrected chi connectivity index (χ2v) is 4.79. The molecule has 1 aliphatic rings. The van der Waals surface area contributed by atoms with Crippen LogP contribution in [-0.4, -0.2) is 52.6 Å². The van der Waals surface area contributed by atoms with Gasteiger partial charge in [-0.3, -0.25) is 0 Å². The lowest BCUT2D eigenvalue weighted by Gasteiger charge is -2.22. The van der Waals surface area contributed by atoms with Gasteiger partial charge in [0.25, 0.3) is 0 Å². The van der Waals surface area contributed by atoms with Crippen molar-refractivity contribution in [3.8, 4) is 17.3 Å². The first kappa shape index (κ1) is 14.8. The second-order valence-electron chi connectivity index (χ2n) is 4.79. The van der Waals surface area contributed by atoms with E-state index in [2.05, 4.69) is 15.0 Å². The Bertz CT molecular complexity index is 600. The number of aliphatic hydroxyl groups excluding tert-OH is 1. The number of hydrogen-bond donors (Lipinski definition) is 1. The summed E-state index contributed by atoms with van der Waals surface area (Å²) < 4.78 is 16.4. The number of ether oxygens (including phenoxy) is 3. The molecule has 22 heavy (non-hydrogen) atoms. The van der Waals surface area contributed by atoms with Crippen molar-refractivity contribution >= 4 is 0 Å². The molecule has 7 heteroatoms. The molecule has 0 unspecified atom stereocenters. The minimum absolute atomic E-state index is 0.0557. The lowest BCUT2D eigenvalue weighted by atomic mass is 10.2. The minimum Gasteiger partial charge on any atom is -0.475 e. The SMILES string of the molecule is OCc1ccnc(-c2ccc(OC[C@H]3COCCO3)nc2)n1. The van der Waals surface area contributed by atoms with Gasteiger partial charge in [-0.2, -0.15) is 0 Å². The molecular weight excluding hydrogens is 286 g/mol. The van der Waals surface area contributed by atoms with Gasteiger partial charge in [-0.15, -0.1) is 0 Å². The average Bonchev–Trinajstić information content (AvgIpc) is 2.61. The number of nitrogens with zero attached hydrogens (tertiary/aromatic N) is 3. The number of pyridine rings is 1. The summed E-state index contributed by atoms with van der Waals surface area (Å²) in [6.45, 7) is 2.06. The monoisotopic (exact) mass is 303 g/mol. The quantitative estimate of drug-likeness (QED) is 0.875. The van der Waals surface area contributed by atoms with Gasteiger partial charge in [0.15, 0.2) is 5.82 Å². The van der Waals surface area contributed by atoms with E-state index in [1.54, 1.807) is 24.5 Å². The Morgan fingerprint density at radius 1 is 1.23 bits per heavy atom. The van der Waals surface area contributed by atoms with Gasteiger partial charge in [0, 0.05) is 24.0 Å². The van der Waals surface area contributed by atoms with Crippen LogP contribution in [0, 0.1) is 0 Å². The average molecular weight is 303 g/mol. The molecule has 3 heterocycles. The molecule has 0 bridgehead atoms. The van der Waals surface area contributed by atoms with E-state index in [-0.39, 0.29) is 12.7 Å². The highest BCUT2D eigenvalue weighted by molar-refractivity contribution is 5.53. The maximum absolute atomic E-state index is 9.10. The Labute approximate surface area is 127 Å². The van der Waals surface area contributed by atoms with Gasteiger partial charge in [0.1, 0.15) is 12.7 Å². The predicted octanol–water partition coefficient (Wildman–Crippen LogP) is 0.825. The maximum atomic E-state index is 9.10. The molecule has 0 aliphatic carbocycles. The van der Waals surface area contributed by atoms with Gasteiger partial charge in [-0.25, -0.2) is 15.0 Å². The van der Waals surface area contributed by atoms with Gasteiger partial charge >= 0.3 is 0 Å². The van der Waals surface area contributed by atoms with Crippen LogP contribution in [0.15, 0.2) is 30.6 Å². The van der Waals surface area contributed by atoms with E-state index < -0.39 is 0 Å². The van der Waals surface area contributed by atoms with Crippen LogP contribution in [0.5, 0.6) is 5.88 Å². The Balaban J connectivity index is 1.61. The van der Waals surface area contributed by atoms with Crippen molar-refractivity contribution in [3.05, 3.63) is 36.3 Å². The summed E-state index contributed by atoms with van der Waals surface area (Å²) in [5.74, 6) is 1.03. The van der Waals surface area contributed by atoms with Gasteiger partial charge in [0.05, 0.1) is 32.1 Å². The first-order valence-electron chi connectivity index (χ1n) is 7.06. The Morgan fingerprint density at radius 3 is 2.91 bits per heavy atom. The largest absolute Gasteiger partial charge is 0.475 e. The van der Waals surface area contributed by atoms with E-state index in [0.717, 1.165) is 5.56 Å². The molecule has 2 aromatic rings. The van der Waals surface area contributed by atoms with Crippen molar-refractivity contribution in [2.75, 3.05) is 26.4 Å². The molecule has 1 aliphatic heterocycles. The molecule has 0 spiro atoms. The molecule has 116 valence electrons. The molecule has 7 nitrogen and oxygen atoms in total. The maximum Gasteiger partial charge on any atom is 0.213 e. The zero-order valence-corrected chi connectivity index (χ0v) is 12.0. The number of aromatic nitrogens is 3. The normalized spacial score (nSPS) is 18.1. The fraction of sp³-hybridized carbons (Fsp3) is 0.400. The van der Waals surface area contributed by atoms with Gasteiger partial charge in [-0.1, -0.05) is 0 Å². The van der Waals surface area contributed by atoms with E-state index in [1.807, 2.05) is 6.07 Å². The molecule has 3 rings (SSSR count). The number of rotatable bonds is 5. The Kier molecular flexibility index (Phi) is 4.89. The van der Waals surface area contributed by atoms with E-state index >= 15 is 0 Å². The van der Waals surface area contributed by atoms with E-state index in [0.29, 0.717) is 43.8 Å². The summed E-state index contributed by atoms with van der Waals surface area (Å²) in [5, 5.41) is 9.10. The summed E-state index contributed by atoms with van der Waals surface area (Å²) in [4.78, 5) is 12.6. The highest BCUT2D eigenvalue weighted by Gasteiger charge is 2.15. The highest BCUT2D eigenvalue weighted by atomic mass is 16.6. The summed E-state index contributed by atoms with van der Waals surface area (Å²) in [5.41, 5.74) is 1.33. The van der Waals surface area contributed by atoms with Crippen LogP contribution in [0.4, 0.5) is 0 Å². The third-order valence-corrected chi connectivity index (χ3v) is 3.17. The third-order valence-electron chi connectivity index (χ3n) is 3.17. The second kappa shape index (κ2) is 7.26. The zero-order chi connectivity index (χ0) is 15.2. The van der Waals surface area contributed by atoms with Crippen molar-refractivity contribution in [2.24, 2.45) is 0 Å². The summed E-state index contributed by atoms with van der Waals surface area (Å²) >= 11 is 0. The molecule has 1 fully saturated rings. The van der Waals surface area contributed by atoms with Crippen LogP contribution < -0.4 is 4.74 Å². The third kappa shape index (κ3) is 3.76. The molecule has 1 saturated heterocycles. The Morgan fingerprint density at radius 2 is 2.18 bits per heavy atom. The standard InChI is InChI=1S/C15H17N3O4/c19-8-12-3-4-16-15(18-12)11-1-2-14(17-7-11)22-10-13-9-20-5-6-21-13/h1-4,7,13,19H,5-6,8-10H2/t13-/m1/s1. The molecule has 1 N–H and O–H groups in total. The first-order chi connectivity index (χ1) is 10.8. The summed E-state index contributed by atoms with van der Waals surface area (Å²) in [6.07, 6.45) is 3.20. The molecule has 2 aromatic heterocycles. The van der Waals surface area contributed by atoms with Crippen LogP contribution >= 0.6 is 0 Å². The van der Waals surface area contributed by atoms with Gasteiger partial charge in [-0.05, 0) is 12.1 Å². The van der Waals surface area contributed by atoms with E-state index in [1.165, 1.54) is 0 Å².